The van der Waals surface area contributed by atoms with E-state index in [4.69, 9.17) is 37.9 Å². The lowest BCUT2D eigenvalue weighted by molar-refractivity contribution is -0.319. The van der Waals surface area contributed by atoms with Gasteiger partial charge in [0.15, 0.2) is 12.6 Å². The van der Waals surface area contributed by atoms with Crippen molar-refractivity contribution in [3.05, 3.63) is 30.1 Å². The normalized spacial score (nSPS) is 43.5. The van der Waals surface area contributed by atoms with E-state index in [1.54, 1.807) is 47.6 Å². The first-order chi connectivity index (χ1) is 33.7. The maximum absolute atomic E-state index is 14.5. The number of esters is 1. The number of amides is 2. The molecule has 1 aromatic carbocycles. The zero-order chi connectivity index (χ0) is 53.4. The molecule has 2 unspecified atom stereocenters. The van der Waals surface area contributed by atoms with Crippen LogP contribution in [0.2, 0.25) is 0 Å². The van der Waals surface area contributed by atoms with Crippen molar-refractivity contribution in [1.82, 2.24) is 10.2 Å². The number of cyclic esters (lactones) is 2. The van der Waals surface area contributed by atoms with E-state index in [0.29, 0.717) is 25.1 Å². The summed E-state index contributed by atoms with van der Waals surface area (Å²) in [7, 11) is 4.83. The number of likely N-dealkylation sites (N-methyl/N-ethyl adjacent to an activating group) is 1. The van der Waals surface area contributed by atoms with Crippen molar-refractivity contribution in [1.29, 1.82) is 0 Å². The van der Waals surface area contributed by atoms with Gasteiger partial charge >= 0.3 is 12.1 Å². The van der Waals surface area contributed by atoms with Gasteiger partial charge in [-0.2, -0.15) is 0 Å². The number of hydrogen-bond donors (Lipinski definition) is 5. The van der Waals surface area contributed by atoms with Gasteiger partial charge in [0.05, 0.1) is 66.4 Å². The van der Waals surface area contributed by atoms with Crippen LogP contribution >= 0.6 is 0 Å². The van der Waals surface area contributed by atoms with Gasteiger partial charge in [-0.25, -0.2) is 9.18 Å². The minimum Gasteiger partial charge on any atom is -0.459 e. The molecule has 5 fully saturated rings. The third kappa shape index (κ3) is 12.5. The first-order valence-corrected chi connectivity index (χ1v) is 25.6. The molecule has 1 saturated carbocycles. The van der Waals surface area contributed by atoms with Crippen molar-refractivity contribution < 1.29 is 81.9 Å². The molecule has 0 spiro atoms. The molecule has 5 N–H and O–H groups in total. The number of nitrogens with one attached hydrogen (secondary N) is 1. The number of halogens is 1. The number of anilines is 1. The van der Waals surface area contributed by atoms with Crippen LogP contribution in [-0.4, -0.2) is 180 Å². The summed E-state index contributed by atoms with van der Waals surface area (Å²) in [6.07, 6.45) is -10.7. The number of benzene rings is 1. The molecular weight excluding hydrogens is 942 g/mol. The molecule has 19 nitrogen and oxygen atoms in total. The van der Waals surface area contributed by atoms with Crippen LogP contribution in [-0.2, 0) is 52.3 Å². The predicted octanol–water partition coefficient (Wildman–Crippen LogP) is 3.73. The van der Waals surface area contributed by atoms with Crippen molar-refractivity contribution >= 4 is 29.4 Å². The number of nitrogens with zero attached hydrogens (tertiary/aromatic N) is 2. The highest BCUT2D eigenvalue weighted by atomic mass is 19.1. The van der Waals surface area contributed by atoms with E-state index in [1.165, 1.54) is 51.2 Å². The van der Waals surface area contributed by atoms with Crippen LogP contribution < -0.4 is 10.2 Å². The average molecular weight is 1020 g/mol. The molecule has 2 amide bonds. The molecule has 4 heterocycles. The quantitative estimate of drug-likeness (QED) is 0.167. The molecule has 408 valence electrons. The Balaban J connectivity index is 1.23. The summed E-state index contributed by atoms with van der Waals surface area (Å²) in [6, 6.07) is 5.14. The van der Waals surface area contributed by atoms with Crippen molar-refractivity contribution in [3.8, 4) is 0 Å². The van der Waals surface area contributed by atoms with E-state index in [2.05, 4.69) is 5.32 Å². The zero-order valence-electron chi connectivity index (χ0n) is 44.3. The Morgan fingerprint density at radius 2 is 1.60 bits per heavy atom. The molecule has 1 aliphatic carbocycles. The number of aliphatic hydroxyl groups excluding tert-OH is 3. The van der Waals surface area contributed by atoms with Gasteiger partial charge in [0, 0.05) is 56.9 Å². The van der Waals surface area contributed by atoms with Gasteiger partial charge in [0.25, 0.3) is 0 Å². The second-order valence-corrected chi connectivity index (χ2v) is 22.1. The van der Waals surface area contributed by atoms with E-state index in [1.807, 2.05) is 25.8 Å². The maximum atomic E-state index is 14.5. The lowest BCUT2D eigenvalue weighted by Crippen LogP contribution is -2.61. The van der Waals surface area contributed by atoms with Gasteiger partial charge in [-0.15, -0.1) is 0 Å². The minimum absolute atomic E-state index is 0.0332. The molecule has 0 radical (unpaired) electrons. The fourth-order valence-electron chi connectivity index (χ4n) is 11.6. The van der Waals surface area contributed by atoms with Crippen molar-refractivity contribution in [2.24, 2.45) is 35.5 Å². The van der Waals surface area contributed by atoms with Gasteiger partial charge in [-0.1, -0.05) is 33.8 Å². The summed E-state index contributed by atoms with van der Waals surface area (Å²) in [5.74, 6) is -5.92. The second kappa shape index (κ2) is 23.2. The molecule has 20 heteroatoms. The lowest BCUT2D eigenvalue weighted by Gasteiger charge is -2.50. The largest absolute Gasteiger partial charge is 0.459 e. The molecular formula is C52H82FN3O16. The Labute approximate surface area is 423 Å². The number of carbonyl (C=O) groups excluding carboxylic acids is 4. The number of aliphatic hydroxyl groups is 4. The Morgan fingerprint density at radius 1 is 0.917 bits per heavy atom. The van der Waals surface area contributed by atoms with Crippen LogP contribution in [0.15, 0.2) is 24.3 Å². The molecule has 72 heavy (non-hydrogen) atoms. The number of ketones is 1. The summed E-state index contributed by atoms with van der Waals surface area (Å²) in [6.45, 7) is 17.5. The Bertz CT molecular complexity index is 2050. The zero-order valence-corrected chi connectivity index (χ0v) is 44.3. The highest BCUT2D eigenvalue weighted by Crippen LogP contribution is 2.43. The van der Waals surface area contributed by atoms with Crippen LogP contribution in [0.1, 0.15) is 101 Å². The highest BCUT2D eigenvalue weighted by Gasteiger charge is 2.55. The number of ether oxygens (including phenoxy) is 8. The Morgan fingerprint density at radius 3 is 2.24 bits per heavy atom. The first-order valence-electron chi connectivity index (χ1n) is 25.6. The maximum Gasteiger partial charge on any atom is 0.414 e. The smallest absolute Gasteiger partial charge is 0.414 e. The van der Waals surface area contributed by atoms with Gasteiger partial charge in [0.2, 0.25) is 5.91 Å². The minimum atomic E-state index is -2.02. The number of carbonyl (C=O) groups is 4. The van der Waals surface area contributed by atoms with E-state index >= 15 is 0 Å². The molecule has 1 aromatic rings. The molecule has 4 aliphatic heterocycles. The fraction of sp³-hybridized carbons (Fsp3) is 0.808. The molecule has 0 aromatic heterocycles. The number of hydrogen-bond acceptors (Lipinski definition) is 17. The van der Waals surface area contributed by atoms with Crippen LogP contribution in [0, 0.1) is 41.3 Å². The summed E-state index contributed by atoms with van der Waals surface area (Å²) in [5.41, 5.74) is -4.11. The number of methoxy groups -OCH3 is 2. The standard InChI is InChI=1S/C52H82FN3O16/c1-14-38-52(10,64)43(59)28(4)40(57)26(2)21-51(9,66-13)45(29(5)42(30(6)47(62)70-38)71-39-22-50(8,65-12)44(60)31(7)68-39)72-48-41(58)37(18-27(3)67-48)55(11)24-32-19-36(32)46(61)54-23-35-25-56(49(63)69-35)34-17-15-16-33(53)20-34/h15-17,20,26-32,35-39,41-45,48,58-60,64H,14,18-19,21-25H2,1-13H3,(H,54,61)/t26-,27-,28+,29+,30-,31+,32?,35+,36?,37+,38-,39+,41-,42+,43-,44+,45-,48+,50-,51-,52-/m1/s1. The molecule has 4 saturated heterocycles. The van der Waals surface area contributed by atoms with Crippen LogP contribution in [0.25, 0.3) is 0 Å². The summed E-state index contributed by atoms with van der Waals surface area (Å²) in [4.78, 5) is 58.0. The summed E-state index contributed by atoms with van der Waals surface area (Å²) in [5, 5.41) is 49.7. The topological polar surface area (TPSA) is 242 Å². The van der Waals surface area contributed by atoms with Crippen molar-refractivity contribution in [2.75, 3.05) is 45.8 Å². The second-order valence-electron chi connectivity index (χ2n) is 22.1. The monoisotopic (exact) mass is 1020 g/mol. The summed E-state index contributed by atoms with van der Waals surface area (Å²) >= 11 is 0. The Kier molecular flexibility index (Phi) is 18.7. The van der Waals surface area contributed by atoms with Gasteiger partial charge in [0.1, 0.15) is 41.6 Å². The third-order valence-corrected chi connectivity index (χ3v) is 16.5. The molecule has 5 aliphatic rings. The lowest BCUT2D eigenvalue weighted by atomic mass is 9.74. The van der Waals surface area contributed by atoms with Crippen LogP contribution in [0.4, 0.5) is 14.9 Å². The highest BCUT2D eigenvalue weighted by molar-refractivity contribution is 5.90. The summed E-state index contributed by atoms with van der Waals surface area (Å²) < 4.78 is 63.9. The SMILES string of the molecule is CC[C@H]1OC(=O)[C@H](C)[C@@H](O[C@H]2C[C@@](C)(OC)[C@@H](O)[C@H](C)O2)[C@H](C)[C@@H](O[C@@H]2O[C@H](C)C[C@H](N(C)CC3CC3C(=O)NC[C@H]3CN(c4cccc(F)c4)C(=O)O3)[C@H]2O)[C@](C)(OC)C[C@@H](C)C(=O)[C@H](C)[C@@H](O)[C@]1(C)O. The Hall–Kier alpha value is -3.41. The van der Waals surface area contributed by atoms with E-state index in [-0.39, 0.29) is 55.9 Å². The van der Waals surface area contributed by atoms with Gasteiger partial charge < -0.3 is 68.5 Å². The van der Waals surface area contributed by atoms with Gasteiger partial charge in [-0.3, -0.25) is 19.3 Å². The molecule has 6 rings (SSSR count). The average Bonchev–Trinajstić information content (AvgIpc) is 4.01. The molecule has 21 atom stereocenters. The fourth-order valence-corrected chi connectivity index (χ4v) is 11.6. The first kappa shape index (κ1) is 57.9. The molecule has 0 bridgehead atoms. The third-order valence-electron chi connectivity index (χ3n) is 16.5. The van der Waals surface area contributed by atoms with Crippen LogP contribution in [0.5, 0.6) is 0 Å². The number of Topliss-reactive ketones (excluding diaryl/α,β-unsaturated/α-hetero) is 1. The van der Waals surface area contributed by atoms with Crippen molar-refractivity contribution in [2.45, 2.75) is 192 Å². The van der Waals surface area contributed by atoms with E-state index in [0.717, 1.165) is 0 Å². The number of rotatable bonds is 14. The predicted molar refractivity (Wildman–Crippen MR) is 259 cm³/mol. The van der Waals surface area contributed by atoms with E-state index < -0.39 is 132 Å². The van der Waals surface area contributed by atoms with Gasteiger partial charge in [-0.05, 0) is 98.4 Å². The van der Waals surface area contributed by atoms with E-state index in [9.17, 15) is 44.0 Å². The van der Waals surface area contributed by atoms with Crippen molar-refractivity contribution in [3.63, 3.8) is 0 Å². The van der Waals surface area contributed by atoms with Crippen LogP contribution in [0.3, 0.4) is 0 Å².